The zero-order valence-electron chi connectivity index (χ0n) is 13.0. The van der Waals surface area contributed by atoms with Gasteiger partial charge in [0.1, 0.15) is 0 Å². The van der Waals surface area contributed by atoms with Gasteiger partial charge in [-0.05, 0) is 10.8 Å². The summed E-state index contributed by atoms with van der Waals surface area (Å²) < 4.78 is 5.43. The lowest BCUT2D eigenvalue weighted by atomic mass is 9.31. The summed E-state index contributed by atoms with van der Waals surface area (Å²) >= 11 is 0. The molecule has 0 bridgehead atoms. The second-order valence-corrected chi connectivity index (χ2v) is 10.2. The van der Waals surface area contributed by atoms with Gasteiger partial charge in [0.25, 0.3) is 6.35 Å². The van der Waals surface area contributed by atoms with Crippen LogP contribution in [0.15, 0.2) is 35.8 Å². The van der Waals surface area contributed by atoms with Crippen LogP contribution in [0, 0.1) is 0 Å². The molecule has 0 amide bonds. The van der Waals surface area contributed by atoms with Gasteiger partial charge in [-0.2, -0.15) is 0 Å². The predicted octanol–water partition coefficient (Wildman–Crippen LogP) is 4.66. The highest BCUT2D eigenvalue weighted by Crippen LogP contribution is 2.45. The Hall–Kier alpha value is -0.798. The van der Waals surface area contributed by atoms with E-state index < -0.39 is 14.7 Å². The molecule has 0 fully saturated rings. The first kappa shape index (κ1) is 14.6. The molecule has 2 rings (SSSR count). The molecule has 1 heterocycles. The summed E-state index contributed by atoms with van der Waals surface area (Å²) in [6, 6.07) is 11.0. The van der Waals surface area contributed by atoms with Crippen molar-refractivity contribution in [3.63, 3.8) is 0 Å². The van der Waals surface area contributed by atoms with E-state index in [0.717, 1.165) is 6.42 Å². The maximum atomic E-state index is 5.43. The second kappa shape index (κ2) is 5.30. The highest BCUT2D eigenvalue weighted by atomic mass is 28.4. The molecule has 0 saturated carbocycles. The zero-order chi connectivity index (χ0) is 14.1. The van der Waals surface area contributed by atoms with Gasteiger partial charge in [0.2, 0.25) is 0 Å². The Morgan fingerprint density at radius 1 is 1.00 bits per heavy atom. The molecule has 1 nitrogen and oxygen atoms in total. The van der Waals surface area contributed by atoms with Gasteiger partial charge in [0, 0.05) is 13.1 Å². The van der Waals surface area contributed by atoms with Gasteiger partial charge in [-0.15, -0.1) is 18.1 Å². The van der Waals surface area contributed by atoms with Crippen LogP contribution >= 0.6 is 0 Å². The predicted molar refractivity (Wildman–Crippen MR) is 90.1 cm³/mol. The average molecular weight is 274 g/mol. The molecule has 0 aliphatic carbocycles. The molecule has 1 aromatic carbocycles. The van der Waals surface area contributed by atoms with Crippen molar-refractivity contribution in [1.82, 2.24) is 0 Å². The Balaban J connectivity index is 2.64. The minimum absolute atomic E-state index is 0.620. The third kappa shape index (κ3) is 2.34. The summed E-state index contributed by atoms with van der Waals surface area (Å²) in [7, 11) is -1.64. The minimum atomic E-state index is -1.64. The molecule has 0 radical (unpaired) electrons. The smallest absolute Gasteiger partial charge is 0.357 e. The van der Waals surface area contributed by atoms with E-state index in [4.69, 9.17) is 4.34 Å². The molecule has 1 aliphatic rings. The Bertz CT molecular complexity index is 475. The highest BCUT2D eigenvalue weighted by Gasteiger charge is 2.52. The molecule has 0 saturated heterocycles. The fraction of sp³-hybridized carbons (Fsp3) is 0.500. The Kier molecular flexibility index (Phi) is 4.07. The second-order valence-electron chi connectivity index (χ2n) is 6.32. The number of benzene rings is 1. The lowest BCUT2D eigenvalue weighted by molar-refractivity contribution is 0.346. The van der Waals surface area contributed by atoms with Crippen molar-refractivity contribution in [2.45, 2.75) is 52.9 Å². The number of rotatable bonds is 4. The number of hydrogen-bond donors (Lipinski definition) is 0. The fourth-order valence-corrected chi connectivity index (χ4v) is 8.08. The molecule has 19 heavy (non-hydrogen) atoms. The van der Waals surface area contributed by atoms with Crippen LogP contribution in [0.3, 0.4) is 0 Å². The molecule has 0 spiro atoms. The minimum Gasteiger partial charge on any atom is -0.778 e. The van der Waals surface area contributed by atoms with Gasteiger partial charge in [-0.25, -0.2) is 0 Å². The quantitative estimate of drug-likeness (QED) is 0.559. The fourth-order valence-electron chi connectivity index (χ4n) is 4.09. The van der Waals surface area contributed by atoms with Crippen molar-refractivity contribution in [3.8, 4) is 0 Å². The third-order valence-electron chi connectivity index (χ3n) is 4.95. The summed E-state index contributed by atoms with van der Waals surface area (Å²) in [5, 5.41) is 1.62. The van der Waals surface area contributed by atoms with Gasteiger partial charge in [-0.3, -0.25) is 0 Å². The first-order chi connectivity index (χ1) is 9.00. The van der Waals surface area contributed by atoms with Crippen LogP contribution in [0.25, 0.3) is 5.20 Å². The summed E-state index contributed by atoms with van der Waals surface area (Å²) in [6.45, 7) is 11.8. The third-order valence-corrected chi connectivity index (χ3v) is 7.92. The van der Waals surface area contributed by atoms with Crippen LogP contribution in [0.4, 0.5) is 0 Å². The first-order valence-corrected chi connectivity index (χ1v) is 10.7. The van der Waals surface area contributed by atoms with Gasteiger partial charge in [-0.1, -0.05) is 57.5 Å². The van der Waals surface area contributed by atoms with E-state index in [-0.39, 0.29) is 0 Å². The SMILES string of the molecule is CCC1=C(c2ccccc2)[Si](C)(C)[OH+][B-]1(CC)CC. The van der Waals surface area contributed by atoms with Crippen molar-refractivity contribution >= 4 is 19.9 Å². The van der Waals surface area contributed by atoms with Crippen LogP contribution in [0.2, 0.25) is 25.7 Å². The molecule has 0 aromatic heterocycles. The largest absolute Gasteiger partial charge is 0.778 e. The first-order valence-electron chi connectivity index (χ1n) is 7.72. The van der Waals surface area contributed by atoms with Crippen LogP contribution in [0.5, 0.6) is 0 Å². The molecule has 1 aromatic rings. The maximum Gasteiger partial charge on any atom is 0.357 e. The van der Waals surface area contributed by atoms with Crippen molar-refractivity contribution in [3.05, 3.63) is 41.4 Å². The normalized spacial score (nSPS) is 20.9. The van der Waals surface area contributed by atoms with Crippen molar-refractivity contribution in [2.24, 2.45) is 0 Å². The van der Waals surface area contributed by atoms with Crippen molar-refractivity contribution in [1.29, 1.82) is 0 Å². The van der Waals surface area contributed by atoms with E-state index in [1.54, 1.807) is 10.7 Å². The number of hydrogen-bond acceptors (Lipinski definition) is 0. The van der Waals surface area contributed by atoms with Crippen LogP contribution in [0.1, 0.15) is 32.8 Å². The molecule has 3 heteroatoms. The Labute approximate surface area is 119 Å². The highest BCUT2D eigenvalue weighted by molar-refractivity contribution is 7.04. The van der Waals surface area contributed by atoms with E-state index in [9.17, 15) is 0 Å². The monoisotopic (exact) mass is 274 g/mol. The van der Waals surface area contributed by atoms with Crippen LogP contribution in [-0.2, 0) is 0 Å². The van der Waals surface area contributed by atoms with Gasteiger partial charge < -0.3 is 4.34 Å². The van der Waals surface area contributed by atoms with E-state index in [2.05, 4.69) is 64.2 Å². The average Bonchev–Trinajstić information content (AvgIpc) is 2.67. The zero-order valence-corrected chi connectivity index (χ0v) is 14.0. The van der Waals surface area contributed by atoms with Crippen LogP contribution in [-0.4, -0.2) is 19.0 Å². The van der Waals surface area contributed by atoms with Gasteiger partial charge in [0.15, 0.2) is 0 Å². The molecule has 0 atom stereocenters. The molecular weight excluding hydrogens is 247 g/mol. The number of allylic oxidation sites excluding steroid dienone is 1. The van der Waals surface area contributed by atoms with E-state index in [1.165, 1.54) is 18.2 Å². The van der Waals surface area contributed by atoms with Gasteiger partial charge >= 0.3 is 8.32 Å². The molecule has 1 aliphatic heterocycles. The Morgan fingerprint density at radius 2 is 1.58 bits per heavy atom. The van der Waals surface area contributed by atoms with Gasteiger partial charge in [0.05, 0.1) is 0 Å². The summed E-state index contributed by atoms with van der Waals surface area (Å²) in [6.07, 6.45) is 2.94. The van der Waals surface area contributed by atoms with E-state index >= 15 is 0 Å². The summed E-state index contributed by atoms with van der Waals surface area (Å²) in [4.78, 5) is 0. The van der Waals surface area contributed by atoms with Crippen molar-refractivity contribution < 1.29 is 4.34 Å². The standard InChI is InChI=1S/C16H27BOSi/c1-6-15-16(14-12-10-9-11-13-14)19(4,5)18-17(15,7-2)8-3/h9-13,18H,6-8H2,1-5H3. The summed E-state index contributed by atoms with van der Waals surface area (Å²) in [5.41, 5.74) is 3.10. The van der Waals surface area contributed by atoms with E-state index in [1.807, 2.05) is 0 Å². The Morgan fingerprint density at radius 3 is 2.05 bits per heavy atom. The van der Waals surface area contributed by atoms with Crippen molar-refractivity contribution in [2.75, 3.05) is 0 Å². The lowest BCUT2D eigenvalue weighted by Gasteiger charge is -2.36. The molecule has 104 valence electrons. The van der Waals surface area contributed by atoms with E-state index in [0.29, 0.717) is 0 Å². The topological polar surface area (TPSA) is 12.8 Å². The molecular formula is C16H27BOSi. The lowest BCUT2D eigenvalue weighted by Crippen LogP contribution is -2.46. The summed E-state index contributed by atoms with van der Waals surface area (Å²) in [5.74, 6) is 0. The maximum absolute atomic E-state index is 5.43. The van der Waals surface area contributed by atoms with Crippen LogP contribution < -0.4 is 0 Å². The molecule has 0 unspecified atom stereocenters. The molecule has 1 N–H and O–H groups in total.